The van der Waals surface area contributed by atoms with Crippen molar-refractivity contribution in [3.05, 3.63) is 0 Å². The predicted molar refractivity (Wildman–Crippen MR) is 178 cm³/mol. The third kappa shape index (κ3) is 10.2. The molecule has 5 saturated heterocycles. The van der Waals surface area contributed by atoms with E-state index in [9.17, 15) is 86.5 Å². The topological polar surface area (TPSA) is 436 Å². The van der Waals surface area contributed by atoms with Gasteiger partial charge in [-0.2, -0.15) is 0 Å². The second-order valence-corrected chi connectivity index (χ2v) is 14.7. The third-order valence-electron chi connectivity index (χ3n) is 10.7. The fourth-order valence-corrected chi connectivity index (χ4v) is 7.42. The average Bonchev–Trinajstić information content (AvgIpc) is 3.21. The molecule has 0 aromatic rings. The molecule has 0 aromatic carbocycles. The fourth-order valence-electron chi connectivity index (χ4n) is 7.42. The lowest BCUT2D eigenvalue weighted by Gasteiger charge is -2.50. The second-order valence-electron chi connectivity index (χ2n) is 14.7. The van der Waals surface area contributed by atoms with Crippen LogP contribution in [0.25, 0.3) is 0 Å². The molecule has 5 aliphatic rings. The van der Waals surface area contributed by atoms with Gasteiger partial charge in [-0.1, -0.05) is 0 Å². The minimum atomic E-state index is -2.14. The number of ether oxygens (including phenoxy) is 9. The summed E-state index contributed by atoms with van der Waals surface area (Å²) in [5, 5.41) is 170. The quantitative estimate of drug-likeness (QED) is 0.0770. The SMILES string of the molecule is CC(=O)N[C@H]1[C@H](O[C@H]2[C@@H](O)[C@@H](CO)O[C@@H](O[C@H]3[C@H](O)[C@@H](O)C(O)O[C@@H]3CO)[C@@H]2O)O[C@H](CO)[C@@H](O)[C@@H]1O[C@@H]1O[C@H](CO)[C@H](O)[C@H](O[C@@H]2O[C@H](CO)[C@H](O)[C@H](O)[C@H]2O)[C@H]1O. The lowest BCUT2D eigenvalue weighted by molar-refractivity contribution is -0.385. The Balaban J connectivity index is 1.40. The highest BCUT2D eigenvalue weighted by molar-refractivity contribution is 5.73. The third-order valence-corrected chi connectivity index (χ3v) is 10.7. The Morgan fingerprint density at radius 2 is 0.780 bits per heavy atom. The Morgan fingerprint density at radius 1 is 0.407 bits per heavy atom. The molecule has 27 nitrogen and oxygen atoms in total. The molecule has 0 spiro atoms. The molecule has 5 aliphatic heterocycles. The van der Waals surface area contributed by atoms with E-state index in [4.69, 9.17) is 42.6 Å². The van der Waals surface area contributed by atoms with Gasteiger partial charge < -0.3 is 130 Å². The number of rotatable bonds is 14. The van der Waals surface area contributed by atoms with Crippen LogP contribution in [0.1, 0.15) is 6.92 Å². The first-order chi connectivity index (χ1) is 27.9. The zero-order valence-corrected chi connectivity index (χ0v) is 31.2. The summed E-state index contributed by atoms with van der Waals surface area (Å²) in [5.74, 6) is -0.836. The zero-order chi connectivity index (χ0) is 43.6. The Hall–Kier alpha value is -1.53. The maximum Gasteiger partial charge on any atom is 0.217 e. The molecular weight excluding hydrogens is 814 g/mol. The number of hydrogen-bond acceptors (Lipinski definition) is 26. The molecule has 27 heteroatoms. The molecule has 17 N–H and O–H groups in total. The normalized spacial score (nSPS) is 51.0. The minimum Gasteiger partial charge on any atom is -0.394 e. The van der Waals surface area contributed by atoms with Crippen LogP contribution in [0.5, 0.6) is 0 Å². The van der Waals surface area contributed by atoms with Gasteiger partial charge in [0.15, 0.2) is 31.5 Å². The maximum absolute atomic E-state index is 12.6. The van der Waals surface area contributed by atoms with Crippen LogP contribution in [0.2, 0.25) is 0 Å². The van der Waals surface area contributed by atoms with Crippen LogP contribution in [0, 0.1) is 0 Å². The van der Waals surface area contributed by atoms with Crippen LogP contribution in [-0.2, 0) is 47.4 Å². The summed E-state index contributed by atoms with van der Waals surface area (Å²) in [6.07, 6.45) is -44.8. The standard InChI is InChI=1S/C32H55NO26/c1-7(39)33-13-25(57-32-23(49)27(17(43)11(5-37)55-32)59-30-21(47)18(44)14(40)8(2-34)53-30)15(41)9(3-35)52-29(13)58-26-16(42)10(4-36)54-31(22(26)48)56-24-12(6-38)51-28(50)20(46)19(24)45/h8-32,34-38,40-50H,2-6H2,1H3,(H,33,39)/t8-,9-,10-,11-,12-,13-,14+,15-,16+,17+,18+,19-,20-,21-,22-,23-,24-,25-,26+,27+,28?,29+,30+,31+,32+/m1/s1. The Labute approximate surface area is 333 Å². The summed E-state index contributed by atoms with van der Waals surface area (Å²) in [5.41, 5.74) is 0. The van der Waals surface area contributed by atoms with Gasteiger partial charge in [0.25, 0.3) is 0 Å². The molecule has 5 rings (SSSR count). The van der Waals surface area contributed by atoms with E-state index in [0.717, 1.165) is 6.92 Å². The van der Waals surface area contributed by atoms with Crippen LogP contribution < -0.4 is 5.32 Å². The number of hydrogen-bond donors (Lipinski definition) is 17. The van der Waals surface area contributed by atoms with Crippen molar-refractivity contribution in [2.24, 2.45) is 0 Å². The summed E-state index contributed by atoms with van der Waals surface area (Å²) in [6, 6.07) is -1.73. The van der Waals surface area contributed by atoms with Crippen molar-refractivity contribution < 1.29 is 129 Å². The maximum atomic E-state index is 12.6. The highest BCUT2D eigenvalue weighted by Gasteiger charge is 2.57. The van der Waals surface area contributed by atoms with Gasteiger partial charge in [-0.25, -0.2) is 0 Å². The van der Waals surface area contributed by atoms with Crippen molar-refractivity contribution >= 4 is 5.91 Å². The van der Waals surface area contributed by atoms with Gasteiger partial charge in [-0.3, -0.25) is 4.79 Å². The minimum absolute atomic E-state index is 0.836. The number of amides is 1. The first kappa shape index (κ1) is 48.5. The fraction of sp³-hybridized carbons (Fsp3) is 0.969. The summed E-state index contributed by atoms with van der Waals surface area (Å²) in [6.45, 7) is -3.62. The number of carbonyl (C=O) groups excluding carboxylic acids is 1. The van der Waals surface area contributed by atoms with Crippen LogP contribution in [-0.4, -0.2) is 274 Å². The van der Waals surface area contributed by atoms with Gasteiger partial charge in [0.05, 0.1) is 33.0 Å². The molecular formula is C32H55NO26. The molecule has 5 fully saturated rings. The van der Waals surface area contributed by atoms with E-state index in [-0.39, 0.29) is 0 Å². The van der Waals surface area contributed by atoms with E-state index in [1.165, 1.54) is 0 Å². The molecule has 1 amide bonds. The van der Waals surface area contributed by atoms with E-state index in [0.29, 0.717) is 0 Å². The average molecular weight is 870 g/mol. The van der Waals surface area contributed by atoms with Crippen LogP contribution >= 0.6 is 0 Å². The van der Waals surface area contributed by atoms with E-state index >= 15 is 0 Å². The number of aliphatic hydroxyl groups excluding tert-OH is 16. The number of nitrogens with one attached hydrogen (secondary N) is 1. The molecule has 5 heterocycles. The monoisotopic (exact) mass is 869 g/mol. The lowest BCUT2D eigenvalue weighted by atomic mass is 9.94. The predicted octanol–water partition coefficient (Wildman–Crippen LogP) is -11.8. The van der Waals surface area contributed by atoms with Gasteiger partial charge in [0.2, 0.25) is 5.91 Å². The Bertz CT molecular complexity index is 1320. The van der Waals surface area contributed by atoms with Crippen molar-refractivity contribution in [3.63, 3.8) is 0 Å². The van der Waals surface area contributed by atoms with Crippen molar-refractivity contribution in [1.82, 2.24) is 5.32 Å². The van der Waals surface area contributed by atoms with E-state index < -0.39 is 192 Å². The van der Waals surface area contributed by atoms with Gasteiger partial charge in [-0.15, -0.1) is 0 Å². The summed E-state index contributed by atoms with van der Waals surface area (Å²) in [4.78, 5) is 12.6. The van der Waals surface area contributed by atoms with Crippen LogP contribution in [0.15, 0.2) is 0 Å². The summed E-state index contributed by atoms with van der Waals surface area (Å²) < 4.78 is 50.2. The van der Waals surface area contributed by atoms with Crippen molar-refractivity contribution in [2.75, 3.05) is 33.0 Å². The molecule has 1 unspecified atom stereocenters. The number of aliphatic hydroxyl groups is 16. The molecule has 0 radical (unpaired) electrons. The molecule has 0 bridgehead atoms. The molecule has 25 atom stereocenters. The first-order valence-corrected chi connectivity index (χ1v) is 18.6. The number of carbonyl (C=O) groups is 1. The van der Waals surface area contributed by atoms with E-state index in [1.807, 2.05) is 0 Å². The van der Waals surface area contributed by atoms with Crippen LogP contribution in [0.3, 0.4) is 0 Å². The molecule has 59 heavy (non-hydrogen) atoms. The van der Waals surface area contributed by atoms with Gasteiger partial charge in [0.1, 0.15) is 122 Å². The van der Waals surface area contributed by atoms with E-state index in [1.54, 1.807) is 0 Å². The summed E-state index contributed by atoms with van der Waals surface area (Å²) in [7, 11) is 0. The highest BCUT2D eigenvalue weighted by Crippen LogP contribution is 2.36. The summed E-state index contributed by atoms with van der Waals surface area (Å²) >= 11 is 0. The van der Waals surface area contributed by atoms with Gasteiger partial charge >= 0.3 is 0 Å². The molecule has 344 valence electrons. The smallest absolute Gasteiger partial charge is 0.217 e. The van der Waals surface area contributed by atoms with Crippen molar-refractivity contribution in [2.45, 2.75) is 160 Å². The molecule has 0 saturated carbocycles. The Kier molecular flexibility index (Phi) is 17.1. The Morgan fingerprint density at radius 3 is 1.24 bits per heavy atom. The van der Waals surface area contributed by atoms with Gasteiger partial charge in [0, 0.05) is 6.92 Å². The van der Waals surface area contributed by atoms with Crippen molar-refractivity contribution in [1.29, 1.82) is 0 Å². The first-order valence-electron chi connectivity index (χ1n) is 18.6. The second kappa shape index (κ2) is 20.8. The zero-order valence-electron chi connectivity index (χ0n) is 31.2. The van der Waals surface area contributed by atoms with Gasteiger partial charge in [-0.05, 0) is 0 Å². The lowest BCUT2D eigenvalue weighted by Crippen LogP contribution is -2.70. The van der Waals surface area contributed by atoms with E-state index in [2.05, 4.69) is 5.32 Å². The highest BCUT2D eigenvalue weighted by atomic mass is 16.8. The molecule has 0 aliphatic carbocycles. The largest absolute Gasteiger partial charge is 0.394 e. The molecule has 0 aromatic heterocycles. The van der Waals surface area contributed by atoms with Crippen LogP contribution in [0.4, 0.5) is 0 Å². The van der Waals surface area contributed by atoms with Crippen molar-refractivity contribution in [3.8, 4) is 0 Å².